The molecule has 134 valence electrons. The number of aryl methyl sites for hydroxylation is 1. The second-order valence-electron chi connectivity index (χ2n) is 7.38. The molecule has 0 aromatic carbocycles. The molecule has 2 fully saturated rings. The molecule has 6 nitrogen and oxygen atoms in total. The zero-order chi connectivity index (χ0) is 17.2. The van der Waals surface area contributed by atoms with E-state index in [1.165, 1.54) is 19.3 Å². The first-order valence-electron chi connectivity index (χ1n) is 9.55. The molecule has 1 N–H and O–H groups in total. The number of carbonyl (C=O) groups is 1. The molecule has 2 aliphatic rings. The Balaban J connectivity index is 1.58. The Bertz CT molecular complexity index is 757. The SMILES string of the molecule is Cn1nc(C(=O)CC2CCNCC2)c2ccc(N3CCCCC3)nc21. The third-order valence-electron chi connectivity index (χ3n) is 5.55. The van der Waals surface area contributed by atoms with Gasteiger partial charge in [-0.25, -0.2) is 9.67 Å². The molecule has 0 spiro atoms. The highest BCUT2D eigenvalue weighted by Gasteiger charge is 2.23. The predicted octanol–water partition coefficient (Wildman–Crippen LogP) is 2.53. The average Bonchev–Trinajstić information content (AvgIpc) is 3.00. The largest absolute Gasteiger partial charge is 0.357 e. The Morgan fingerprint density at radius 2 is 1.96 bits per heavy atom. The molecule has 2 aromatic rings. The molecule has 0 saturated carbocycles. The van der Waals surface area contributed by atoms with Crippen LogP contribution in [0.1, 0.15) is 49.0 Å². The van der Waals surface area contributed by atoms with Crippen molar-refractivity contribution in [2.75, 3.05) is 31.1 Å². The van der Waals surface area contributed by atoms with Crippen LogP contribution in [0.4, 0.5) is 5.82 Å². The number of nitrogens with zero attached hydrogens (tertiary/aromatic N) is 4. The first-order chi connectivity index (χ1) is 12.2. The molecule has 0 radical (unpaired) electrons. The van der Waals surface area contributed by atoms with Gasteiger partial charge in [0.05, 0.1) is 5.39 Å². The fourth-order valence-electron chi connectivity index (χ4n) is 4.07. The predicted molar refractivity (Wildman–Crippen MR) is 99.1 cm³/mol. The van der Waals surface area contributed by atoms with E-state index in [0.717, 1.165) is 55.9 Å². The maximum Gasteiger partial charge on any atom is 0.184 e. The molecular weight excluding hydrogens is 314 g/mol. The number of rotatable bonds is 4. The van der Waals surface area contributed by atoms with Crippen LogP contribution in [-0.4, -0.2) is 46.7 Å². The van der Waals surface area contributed by atoms with Gasteiger partial charge in [-0.1, -0.05) is 0 Å². The molecule has 25 heavy (non-hydrogen) atoms. The first-order valence-corrected chi connectivity index (χ1v) is 9.55. The van der Waals surface area contributed by atoms with Crippen molar-refractivity contribution in [1.29, 1.82) is 0 Å². The summed E-state index contributed by atoms with van der Waals surface area (Å²) in [6.07, 6.45) is 6.51. The normalized spacial score (nSPS) is 19.5. The standard InChI is InChI=1S/C19H27N5O/c1-23-19-15(5-6-17(21-19)24-11-3-2-4-12-24)18(22-23)16(25)13-14-7-9-20-10-8-14/h5-6,14,20H,2-4,7-13H2,1H3. The third kappa shape index (κ3) is 3.40. The summed E-state index contributed by atoms with van der Waals surface area (Å²) in [7, 11) is 1.89. The summed E-state index contributed by atoms with van der Waals surface area (Å²) < 4.78 is 1.76. The van der Waals surface area contributed by atoms with Gasteiger partial charge >= 0.3 is 0 Å². The number of nitrogens with one attached hydrogen (secondary N) is 1. The van der Waals surface area contributed by atoms with E-state index >= 15 is 0 Å². The van der Waals surface area contributed by atoms with Crippen LogP contribution in [0.2, 0.25) is 0 Å². The first kappa shape index (κ1) is 16.5. The van der Waals surface area contributed by atoms with Crippen LogP contribution >= 0.6 is 0 Å². The number of pyridine rings is 1. The zero-order valence-corrected chi connectivity index (χ0v) is 15.0. The fraction of sp³-hybridized carbons (Fsp3) is 0.632. The van der Waals surface area contributed by atoms with Gasteiger partial charge in [0.25, 0.3) is 0 Å². The van der Waals surface area contributed by atoms with Gasteiger partial charge in [0.2, 0.25) is 0 Å². The van der Waals surface area contributed by atoms with Crippen LogP contribution in [0, 0.1) is 5.92 Å². The van der Waals surface area contributed by atoms with Gasteiger partial charge < -0.3 is 10.2 Å². The number of aromatic nitrogens is 3. The summed E-state index contributed by atoms with van der Waals surface area (Å²) in [6.45, 7) is 4.17. The molecule has 2 aromatic heterocycles. The molecule has 0 unspecified atom stereocenters. The van der Waals surface area contributed by atoms with Crippen LogP contribution < -0.4 is 10.2 Å². The molecule has 2 aliphatic heterocycles. The lowest BCUT2D eigenvalue weighted by Crippen LogP contribution is -2.30. The smallest absolute Gasteiger partial charge is 0.184 e. The lowest BCUT2D eigenvalue weighted by molar-refractivity contribution is 0.0948. The lowest BCUT2D eigenvalue weighted by atomic mass is 9.91. The Labute approximate surface area is 148 Å². The number of hydrogen-bond donors (Lipinski definition) is 1. The summed E-state index contributed by atoms with van der Waals surface area (Å²) in [4.78, 5) is 19.9. The molecule has 0 amide bonds. The number of Topliss-reactive ketones (excluding diaryl/α,β-unsaturated/α-hetero) is 1. The van der Waals surface area contributed by atoms with Gasteiger partial charge in [-0.3, -0.25) is 4.79 Å². The second-order valence-corrected chi connectivity index (χ2v) is 7.38. The van der Waals surface area contributed by atoms with E-state index in [0.29, 0.717) is 18.0 Å². The van der Waals surface area contributed by atoms with E-state index < -0.39 is 0 Å². The summed E-state index contributed by atoms with van der Waals surface area (Å²) in [5.41, 5.74) is 1.41. The number of anilines is 1. The Hall–Kier alpha value is -1.95. The minimum Gasteiger partial charge on any atom is -0.357 e. The van der Waals surface area contributed by atoms with Crippen LogP contribution in [0.25, 0.3) is 11.0 Å². The van der Waals surface area contributed by atoms with Crippen molar-refractivity contribution >= 4 is 22.6 Å². The van der Waals surface area contributed by atoms with Crippen molar-refractivity contribution in [3.63, 3.8) is 0 Å². The Morgan fingerprint density at radius 3 is 2.72 bits per heavy atom. The number of piperidine rings is 2. The van der Waals surface area contributed by atoms with Crippen LogP contribution in [0.5, 0.6) is 0 Å². The highest BCUT2D eigenvalue weighted by atomic mass is 16.1. The zero-order valence-electron chi connectivity index (χ0n) is 15.0. The van der Waals surface area contributed by atoms with Gasteiger partial charge in [0.1, 0.15) is 11.5 Å². The van der Waals surface area contributed by atoms with Gasteiger partial charge in [-0.2, -0.15) is 5.10 Å². The lowest BCUT2D eigenvalue weighted by Gasteiger charge is -2.27. The Morgan fingerprint density at radius 1 is 1.20 bits per heavy atom. The number of ketones is 1. The van der Waals surface area contributed by atoms with Gasteiger partial charge in [0, 0.05) is 26.6 Å². The highest BCUT2D eigenvalue weighted by Crippen LogP contribution is 2.25. The summed E-state index contributed by atoms with van der Waals surface area (Å²) in [6, 6.07) is 4.09. The number of hydrogen-bond acceptors (Lipinski definition) is 5. The quantitative estimate of drug-likeness (QED) is 0.866. The number of fused-ring (bicyclic) bond motifs is 1. The molecule has 0 aliphatic carbocycles. The third-order valence-corrected chi connectivity index (χ3v) is 5.55. The molecule has 0 bridgehead atoms. The van der Waals surface area contributed by atoms with Gasteiger partial charge in [0.15, 0.2) is 11.4 Å². The monoisotopic (exact) mass is 341 g/mol. The topological polar surface area (TPSA) is 63.1 Å². The Kier molecular flexibility index (Phi) is 4.70. The summed E-state index contributed by atoms with van der Waals surface area (Å²) in [5, 5.41) is 8.76. The van der Waals surface area contributed by atoms with E-state index in [-0.39, 0.29) is 5.78 Å². The second kappa shape index (κ2) is 7.12. The average molecular weight is 341 g/mol. The van der Waals surface area contributed by atoms with Gasteiger partial charge in [-0.05, 0) is 63.2 Å². The van der Waals surface area contributed by atoms with Crippen molar-refractivity contribution in [3.05, 3.63) is 17.8 Å². The molecule has 4 rings (SSSR count). The van der Waals surface area contributed by atoms with Crippen LogP contribution in [0.15, 0.2) is 12.1 Å². The fourth-order valence-corrected chi connectivity index (χ4v) is 4.07. The van der Waals surface area contributed by atoms with E-state index in [1.807, 2.05) is 13.1 Å². The molecule has 4 heterocycles. The number of carbonyl (C=O) groups excluding carboxylic acids is 1. The van der Waals surface area contributed by atoms with Crippen LogP contribution in [0.3, 0.4) is 0 Å². The van der Waals surface area contributed by atoms with Crippen molar-refractivity contribution < 1.29 is 4.79 Å². The molecule has 6 heteroatoms. The van der Waals surface area contributed by atoms with Gasteiger partial charge in [-0.15, -0.1) is 0 Å². The van der Waals surface area contributed by atoms with Crippen molar-refractivity contribution in [3.8, 4) is 0 Å². The summed E-state index contributed by atoms with van der Waals surface area (Å²) in [5.74, 6) is 1.64. The van der Waals surface area contributed by atoms with E-state index in [4.69, 9.17) is 4.98 Å². The van der Waals surface area contributed by atoms with Crippen molar-refractivity contribution in [1.82, 2.24) is 20.1 Å². The van der Waals surface area contributed by atoms with Crippen molar-refractivity contribution in [2.45, 2.75) is 38.5 Å². The minimum atomic E-state index is 0.157. The molecule has 0 atom stereocenters. The van der Waals surface area contributed by atoms with E-state index in [2.05, 4.69) is 21.4 Å². The maximum atomic E-state index is 12.8. The molecule has 2 saturated heterocycles. The highest BCUT2D eigenvalue weighted by molar-refractivity contribution is 6.05. The minimum absolute atomic E-state index is 0.157. The molecular formula is C19H27N5O. The van der Waals surface area contributed by atoms with Crippen molar-refractivity contribution in [2.24, 2.45) is 13.0 Å². The van der Waals surface area contributed by atoms with E-state index in [1.54, 1.807) is 4.68 Å². The van der Waals surface area contributed by atoms with Crippen LogP contribution in [-0.2, 0) is 7.05 Å². The summed E-state index contributed by atoms with van der Waals surface area (Å²) >= 11 is 0. The van der Waals surface area contributed by atoms with E-state index in [9.17, 15) is 4.79 Å². The maximum absolute atomic E-state index is 12.8.